The van der Waals surface area contributed by atoms with Crippen molar-refractivity contribution in [1.82, 2.24) is 4.98 Å². The Morgan fingerprint density at radius 2 is 1.46 bits per heavy atom. The van der Waals surface area contributed by atoms with Crippen molar-refractivity contribution in [1.29, 1.82) is 0 Å². The summed E-state index contributed by atoms with van der Waals surface area (Å²) in [5, 5.41) is 15.0. The van der Waals surface area contributed by atoms with E-state index in [4.69, 9.17) is 9.40 Å². The molecule has 275 valence electrons. The van der Waals surface area contributed by atoms with E-state index in [1.165, 1.54) is 27.8 Å². The molecule has 4 nitrogen and oxygen atoms in total. The number of benzene rings is 4. The summed E-state index contributed by atoms with van der Waals surface area (Å²) in [5.74, 6) is 0.286. The van der Waals surface area contributed by atoms with E-state index in [9.17, 15) is 9.90 Å². The van der Waals surface area contributed by atoms with Crippen LogP contribution in [0.4, 0.5) is 0 Å². The van der Waals surface area contributed by atoms with E-state index >= 15 is 0 Å². The third-order valence-electron chi connectivity index (χ3n) is 11.3. The van der Waals surface area contributed by atoms with Crippen molar-refractivity contribution >= 4 is 51.9 Å². The predicted octanol–water partition coefficient (Wildman–Crippen LogP) is 12.8. The third kappa shape index (κ3) is 8.20. The third-order valence-corrected chi connectivity index (χ3v) is 13.3. The van der Waals surface area contributed by atoms with Crippen LogP contribution in [-0.2, 0) is 24.9 Å². The number of fused-ring (bicyclic) bond motifs is 4. The largest absolute Gasteiger partial charge is 0.512 e. The monoisotopic (exact) mass is 889 g/mol. The number of para-hydroxylation sites is 1. The van der Waals surface area contributed by atoms with Crippen LogP contribution >= 0.6 is 0 Å². The summed E-state index contributed by atoms with van der Waals surface area (Å²) < 4.78 is 6.37. The number of hydrogen-bond donors (Lipinski definition) is 1. The molecule has 0 amide bonds. The number of carbonyl (C=O) groups is 1. The van der Waals surface area contributed by atoms with Gasteiger partial charge in [-0.25, -0.2) is 0 Å². The minimum absolute atomic E-state index is 0. The predicted molar refractivity (Wildman–Crippen MR) is 220 cm³/mol. The van der Waals surface area contributed by atoms with Gasteiger partial charge in [-0.1, -0.05) is 151 Å². The van der Waals surface area contributed by atoms with Gasteiger partial charge >= 0.3 is 0 Å². The number of nitrogens with zero attached hydrogens (tertiary/aromatic N) is 1. The molecule has 0 spiro atoms. The standard InChI is InChI=1S/C31H26NOSi.C15H28O2.Ir/c1-20-14-16-23(31-30(20)24-12-8-9-13-29(24)33-31)28-19-25(21-10-6-5-7-11-21)26-18-22(34(2,3)4)15-17-27(26)32-28;1-7-14(5,8-2)12(16)11-13(17)15(6,9-3)10-4;/h5-15,17-19H,1-4H3;11,16H,7-10H2,1-6H3;/q-1;;/b;12-11-;. The van der Waals surface area contributed by atoms with Gasteiger partial charge in [-0.2, -0.15) is 0 Å². The Morgan fingerprint density at radius 3 is 2.08 bits per heavy atom. The van der Waals surface area contributed by atoms with Crippen LogP contribution in [0.15, 0.2) is 101 Å². The number of hydrogen-bond acceptors (Lipinski definition) is 4. The number of furan rings is 1. The van der Waals surface area contributed by atoms with Gasteiger partial charge in [-0.15, -0.1) is 17.7 Å². The zero-order valence-electron chi connectivity index (χ0n) is 32.5. The van der Waals surface area contributed by atoms with Crippen LogP contribution in [0.25, 0.3) is 55.2 Å². The molecule has 0 fully saturated rings. The van der Waals surface area contributed by atoms with Crippen molar-refractivity contribution in [3.8, 4) is 22.4 Å². The number of aliphatic hydroxyl groups is 1. The summed E-state index contributed by atoms with van der Waals surface area (Å²) >= 11 is 0. The number of carbonyl (C=O) groups excluding carboxylic acids is 1. The van der Waals surface area contributed by atoms with Gasteiger partial charge in [0.2, 0.25) is 0 Å². The summed E-state index contributed by atoms with van der Waals surface area (Å²) in [4.78, 5) is 17.3. The fourth-order valence-corrected chi connectivity index (χ4v) is 7.64. The smallest absolute Gasteiger partial charge is 0.164 e. The van der Waals surface area contributed by atoms with Crippen LogP contribution in [0, 0.1) is 23.8 Å². The summed E-state index contributed by atoms with van der Waals surface area (Å²) in [6.07, 6.45) is 4.75. The Kier molecular flexibility index (Phi) is 13.0. The average molecular weight is 889 g/mol. The van der Waals surface area contributed by atoms with Crippen molar-refractivity contribution in [2.24, 2.45) is 10.8 Å². The van der Waals surface area contributed by atoms with E-state index < -0.39 is 8.07 Å². The van der Waals surface area contributed by atoms with Gasteiger partial charge in [-0.05, 0) is 54.6 Å². The SMILES string of the molecule is CCC(C)(CC)C(=O)/C=C(\O)C(C)(CC)CC.Cc1c[c-]c(-c2cc(-c3ccccc3)c3cc([Si](C)(C)C)ccc3n2)c2oc3ccccc3c12.[Ir]. The second-order valence-electron chi connectivity index (χ2n) is 15.5. The Hall–Kier alpha value is -3.83. The maximum absolute atomic E-state index is 12.2. The molecule has 4 aromatic carbocycles. The summed E-state index contributed by atoms with van der Waals surface area (Å²) in [7, 11) is -1.46. The first kappa shape index (κ1) is 40.9. The first-order valence-electron chi connectivity index (χ1n) is 18.5. The molecule has 0 atom stereocenters. The molecular formula is C46H54IrNO3Si-. The number of ketones is 1. The average Bonchev–Trinajstić information content (AvgIpc) is 3.54. The van der Waals surface area contributed by atoms with Gasteiger partial charge < -0.3 is 9.52 Å². The molecule has 1 N–H and O–H groups in total. The van der Waals surface area contributed by atoms with Gasteiger partial charge in [-0.3, -0.25) is 9.78 Å². The number of pyridine rings is 1. The number of rotatable bonds is 10. The van der Waals surface area contributed by atoms with Crippen LogP contribution in [0.3, 0.4) is 0 Å². The topological polar surface area (TPSA) is 63.3 Å². The fourth-order valence-electron chi connectivity index (χ4n) is 6.48. The van der Waals surface area contributed by atoms with Crippen LogP contribution in [0.2, 0.25) is 19.6 Å². The molecule has 6 aromatic rings. The maximum Gasteiger partial charge on any atom is 0.164 e. The number of aliphatic hydroxyl groups excluding tert-OH is 1. The van der Waals surface area contributed by atoms with E-state index in [0.717, 1.165) is 70.0 Å². The quantitative estimate of drug-likeness (QED) is 0.0644. The van der Waals surface area contributed by atoms with E-state index in [1.807, 2.05) is 53.7 Å². The Labute approximate surface area is 325 Å². The van der Waals surface area contributed by atoms with E-state index in [1.54, 1.807) is 0 Å². The molecule has 6 heteroatoms. The number of aromatic nitrogens is 1. The Balaban J connectivity index is 0.000000289. The molecule has 0 aliphatic heterocycles. The second-order valence-corrected chi connectivity index (χ2v) is 20.6. The molecule has 0 aliphatic carbocycles. The van der Waals surface area contributed by atoms with E-state index in [-0.39, 0.29) is 42.5 Å². The number of aryl methyl sites for hydroxylation is 1. The van der Waals surface area contributed by atoms with Crippen molar-refractivity contribution < 1.29 is 34.4 Å². The molecule has 52 heavy (non-hydrogen) atoms. The minimum atomic E-state index is -1.46. The molecule has 0 saturated heterocycles. The van der Waals surface area contributed by atoms with Gasteiger partial charge in [0.1, 0.15) is 11.3 Å². The van der Waals surface area contributed by atoms with Crippen LogP contribution in [0.5, 0.6) is 0 Å². The summed E-state index contributed by atoms with van der Waals surface area (Å²) in [6, 6.07) is 33.4. The van der Waals surface area contributed by atoms with Gasteiger partial charge in [0, 0.05) is 47.8 Å². The Morgan fingerprint density at radius 1 is 0.846 bits per heavy atom. The van der Waals surface area contributed by atoms with Crippen LogP contribution < -0.4 is 5.19 Å². The fraction of sp³-hybridized carbons (Fsp3) is 0.348. The van der Waals surface area contributed by atoms with Crippen LogP contribution in [0.1, 0.15) is 72.8 Å². The van der Waals surface area contributed by atoms with E-state index in [0.29, 0.717) is 0 Å². The maximum atomic E-state index is 12.2. The van der Waals surface area contributed by atoms with Crippen LogP contribution in [-0.4, -0.2) is 23.9 Å². The molecule has 0 unspecified atom stereocenters. The zero-order valence-corrected chi connectivity index (χ0v) is 35.9. The first-order valence-corrected chi connectivity index (χ1v) is 22.0. The Bertz CT molecular complexity index is 2200. The van der Waals surface area contributed by atoms with Gasteiger partial charge in [0.05, 0.1) is 19.2 Å². The molecule has 2 heterocycles. The first-order chi connectivity index (χ1) is 24.2. The number of allylic oxidation sites excluding steroid dienone is 2. The molecule has 1 radical (unpaired) electrons. The molecule has 2 aromatic heterocycles. The van der Waals surface area contributed by atoms with Crippen molar-refractivity contribution in [2.45, 2.75) is 93.8 Å². The molecule has 0 bridgehead atoms. The second kappa shape index (κ2) is 16.5. The van der Waals surface area contributed by atoms with Crippen molar-refractivity contribution in [3.63, 3.8) is 0 Å². The van der Waals surface area contributed by atoms with Crippen molar-refractivity contribution in [3.05, 3.63) is 108 Å². The molecule has 0 saturated carbocycles. The van der Waals surface area contributed by atoms with Crippen molar-refractivity contribution in [2.75, 3.05) is 0 Å². The summed E-state index contributed by atoms with van der Waals surface area (Å²) in [6.45, 7) is 21.4. The van der Waals surface area contributed by atoms with Gasteiger partial charge in [0.25, 0.3) is 0 Å². The van der Waals surface area contributed by atoms with Gasteiger partial charge in [0.15, 0.2) is 5.78 Å². The minimum Gasteiger partial charge on any atom is -0.512 e. The summed E-state index contributed by atoms with van der Waals surface area (Å²) in [5.41, 5.74) is 7.48. The molecule has 6 rings (SSSR count). The van der Waals surface area contributed by atoms with E-state index in [2.05, 4.69) is 105 Å². The molecular weight excluding hydrogens is 835 g/mol. The molecule has 0 aliphatic rings. The normalized spacial score (nSPS) is 12.5. The zero-order chi connectivity index (χ0) is 37.1.